The van der Waals surface area contributed by atoms with Crippen LogP contribution in [0, 0.1) is 16.7 Å². The second kappa shape index (κ2) is 14.3. The Labute approximate surface area is 317 Å². The number of hydrogen-bond acceptors (Lipinski definition) is 8. The van der Waals surface area contributed by atoms with Crippen LogP contribution >= 0.6 is 0 Å². The number of amides is 5. The van der Waals surface area contributed by atoms with Crippen LogP contribution in [-0.4, -0.2) is 89.7 Å². The Bertz CT molecular complexity index is 1990. The molecule has 3 fully saturated rings. The van der Waals surface area contributed by atoms with Crippen molar-refractivity contribution in [2.45, 2.75) is 115 Å². The van der Waals surface area contributed by atoms with Crippen molar-refractivity contribution in [2.24, 2.45) is 23.8 Å². The van der Waals surface area contributed by atoms with E-state index in [1.54, 1.807) is 20.8 Å². The van der Waals surface area contributed by atoms with Gasteiger partial charge in [0.15, 0.2) is 0 Å². The molecule has 1 aromatic carbocycles. The lowest BCUT2D eigenvalue weighted by molar-refractivity contribution is -0.142. The SMILES string of the molecule is CC[C@@H]1C[C@]1(NC(=O)[C@@H]1C[C@@H]2CN1C(=O)[C@H](C(C)(C)C)NC(=O)OCC(C)(C)CCC=Cc1cccc3c1cc(n3C)C(=O)N2)C(=O)NS(=O)(=O)C1CC1. The molecule has 0 spiro atoms. The zero-order chi connectivity index (χ0) is 39.4. The molecule has 294 valence electrons. The van der Waals surface area contributed by atoms with E-state index in [1.165, 1.54) is 4.90 Å². The van der Waals surface area contributed by atoms with Crippen molar-refractivity contribution in [1.82, 2.24) is 30.1 Å². The molecule has 0 radical (unpaired) electrons. The number of aromatic nitrogens is 1. The molecular formula is C39H54N6O8S. The zero-order valence-corrected chi connectivity index (χ0v) is 33.1. The summed E-state index contributed by atoms with van der Waals surface area (Å²) in [5.74, 6) is -2.68. The number of alkyl carbamates (subject to hydrolysis) is 1. The summed E-state index contributed by atoms with van der Waals surface area (Å²) in [6.45, 7) is 11.3. The van der Waals surface area contributed by atoms with Crippen LogP contribution in [0.4, 0.5) is 4.79 Å². The summed E-state index contributed by atoms with van der Waals surface area (Å²) in [7, 11) is -2.07. The third-order valence-corrected chi connectivity index (χ3v) is 13.2. The molecule has 1 aromatic heterocycles. The van der Waals surface area contributed by atoms with Gasteiger partial charge in [-0.3, -0.25) is 23.9 Å². The molecule has 3 heterocycles. The first-order valence-electron chi connectivity index (χ1n) is 18.9. The number of allylic oxidation sites excluding steroid dienone is 1. The predicted molar refractivity (Wildman–Crippen MR) is 203 cm³/mol. The van der Waals surface area contributed by atoms with E-state index in [1.807, 2.05) is 62.7 Å². The molecule has 14 nitrogen and oxygen atoms in total. The summed E-state index contributed by atoms with van der Waals surface area (Å²) in [4.78, 5) is 71.0. The first-order chi connectivity index (χ1) is 25.3. The Morgan fingerprint density at radius 1 is 1.09 bits per heavy atom. The number of cyclic esters (lactones) is 1. The molecule has 5 atom stereocenters. The van der Waals surface area contributed by atoms with Crippen LogP contribution < -0.4 is 20.7 Å². The summed E-state index contributed by atoms with van der Waals surface area (Å²) in [5.41, 5.74) is -0.443. The van der Waals surface area contributed by atoms with Gasteiger partial charge >= 0.3 is 6.09 Å². The van der Waals surface area contributed by atoms with E-state index in [2.05, 4.69) is 26.7 Å². The van der Waals surface area contributed by atoms with Gasteiger partial charge in [-0.2, -0.15) is 0 Å². The van der Waals surface area contributed by atoms with Gasteiger partial charge in [0.05, 0.1) is 11.9 Å². The van der Waals surface area contributed by atoms with Gasteiger partial charge in [-0.15, -0.1) is 0 Å². The van der Waals surface area contributed by atoms with Crippen molar-refractivity contribution in [3.63, 3.8) is 0 Å². The van der Waals surface area contributed by atoms with Gasteiger partial charge in [-0.05, 0) is 73.0 Å². The van der Waals surface area contributed by atoms with Gasteiger partial charge in [0, 0.05) is 30.5 Å². The number of aryl methyl sites for hydroxylation is 1. The molecule has 4 aliphatic rings. The lowest BCUT2D eigenvalue weighted by atomic mass is 9.85. The van der Waals surface area contributed by atoms with E-state index in [9.17, 15) is 32.4 Å². The number of benzene rings is 1. The molecule has 0 unspecified atom stereocenters. The van der Waals surface area contributed by atoms with Gasteiger partial charge in [0.1, 0.15) is 23.3 Å². The number of nitrogens with one attached hydrogen (secondary N) is 4. The standard InChI is InChI=1S/C39H54N6O8S/c1-8-24-20-39(24,35(49)43-54(51,52)26-15-16-26)42-33(47)30-18-25-21-45(30)34(48)31(37(2,3)4)41-36(50)53-22-38(5,6)17-10-9-12-23-13-11-14-28-27(23)19-29(44(28)7)32(46)40-25/h9,11-14,19,24-26,30-31H,8,10,15-18,20-22H2,1-7H3,(H,40,46)(H,41,50)(H,42,47)(H,43,49)/t24-,25-,30+,31-,39-/m1/s1. The molecule has 4 bridgehead atoms. The van der Waals surface area contributed by atoms with E-state index in [4.69, 9.17) is 4.74 Å². The van der Waals surface area contributed by atoms with Crippen molar-refractivity contribution in [3.8, 4) is 0 Å². The number of carbonyl (C=O) groups is 5. The Kier molecular flexibility index (Phi) is 10.4. The number of fused-ring (bicyclic) bond motifs is 3. The highest BCUT2D eigenvalue weighted by atomic mass is 32.2. The van der Waals surface area contributed by atoms with Gasteiger partial charge in [0.25, 0.3) is 11.8 Å². The van der Waals surface area contributed by atoms with Gasteiger partial charge < -0.3 is 30.2 Å². The molecule has 2 saturated carbocycles. The molecule has 1 saturated heterocycles. The normalized spacial score (nSPS) is 27.9. The maximum atomic E-state index is 14.6. The summed E-state index contributed by atoms with van der Waals surface area (Å²) >= 11 is 0. The van der Waals surface area contributed by atoms with E-state index >= 15 is 0 Å². The fourth-order valence-electron chi connectivity index (χ4n) is 7.73. The Hall–Kier alpha value is -4.40. The summed E-state index contributed by atoms with van der Waals surface area (Å²) in [6.07, 6.45) is 6.48. The second-order valence-corrected chi connectivity index (χ2v) is 19.3. The maximum Gasteiger partial charge on any atom is 0.407 e. The number of sulfonamides is 1. The lowest BCUT2D eigenvalue weighted by Crippen LogP contribution is -2.60. The molecule has 5 amide bonds. The van der Waals surface area contributed by atoms with Crippen LogP contribution in [0.2, 0.25) is 0 Å². The highest BCUT2D eigenvalue weighted by molar-refractivity contribution is 7.91. The van der Waals surface area contributed by atoms with E-state index in [0.717, 1.165) is 22.9 Å². The highest BCUT2D eigenvalue weighted by Gasteiger charge is 2.62. The molecular weight excluding hydrogens is 713 g/mol. The molecule has 6 rings (SSSR count). The summed E-state index contributed by atoms with van der Waals surface area (Å²) < 4.78 is 35.1. The number of carbonyl (C=O) groups excluding carboxylic acids is 5. The minimum Gasteiger partial charge on any atom is -0.449 e. The van der Waals surface area contributed by atoms with Crippen LogP contribution in [0.25, 0.3) is 17.0 Å². The number of rotatable bonds is 6. The van der Waals surface area contributed by atoms with Crippen molar-refractivity contribution < 1.29 is 37.1 Å². The smallest absolute Gasteiger partial charge is 0.407 e. The van der Waals surface area contributed by atoms with Crippen LogP contribution in [0.1, 0.15) is 103 Å². The summed E-state index contributed by atoms with van der Waals surface area (Å²) in [5, 5.41) is 8.90. The molecule has 2 aliphatic heterocycles. The second-order valence-electron chi connectivity index (χ2n) is 17.4. The zero-order valence-electron chi connectivity index (χ0n) is 32.3. The van der Waals surface area contributed by atoms with E-state index in [0.29, 0.717) is 31.4 Å². The molecule has 54 heavy (non-hydrogen) atoms. The highest BCUT2D eigenvalue weighted by Crippen LogP contribution is 2.47. The average molecular weight is 767 g/mol. The van der Waals surface area contributed by atoms with E-state index < -0.39 is 68.2 Å². The van der Waals surface area contributed by atoms with Gasteiger partial charge in [0.2, 0.25) is 21.8 Å². The predicted octanol–water partition coefficient (Wildman–Crippen LogP) is 3.75. The van der Waals surface area contributed by atoms with Gasteiger partial charge in [-0.25, -0.2) is 13.2 Å². The third kappa shape index (κ3) is 8.01. The van der Waals surface area contributed by atoms with Crippen molar-refractivity contribution in [2.75, 3.05) is 13.2 Å². The molecule has 2 aromatic rings. The maximum absolute atomic E-state index is 14.6. The van der Waals surface area contributed by atoms with Crippen molar-refractivity contribution >= 4 is 56.7 Å². The Morgan fingerprint density at radius 2 is 1.81 bits per heavy atom. The van der Waals surface area contributed by atoms with E-state index in [-0.39, 0.29) is 43.2 Å². The Morgan fingerprint density at radius 3 is 2.46 bits per heavy atom. The quantitative estimate of drug-likeness (QED) is 0.343. The average Bonchev–Trinajstić information content (AvgIpc) is 4.00. The lowest BCUT2D eigenvalue weighted by Gasteiger charge is -2.35. The van der Waals surface area contributed by atoms with Crippen molar-refractivity contribution in [3.05, 3.63) is 41.6 Å². The monoisotopic (exact) mass is 766 g/mol. The van der Waals surface area contributed by atoms with Crippen LogP contribution in [0.5, 0.6) is 0 Å². The number of ether oxygens (including phenoxy) is 1. The molecule has 2 aliphatic carbocycles. The first kappa shape index (κ1) is 39.3. The fraction of sp³-hybridized carbons (Fsp3) is 0.615. The largest absolute Gasteiger partial charge is 0.449 e. The van der Waals surface area contributed by atoms with Crippen molar-refractivity contribution in [1.29, 1.82) is 0 Å². The summed E-state index contributed by atoms with van der Waals surface area (Å²) in [6, 6.07) is 4.76. The third-order valence-electron chi connectivity index (χ3n) is 11.4. The van der Waals surface area contributed by atoms with Crippen LogP contribution in [0.3, 0.4) is 0 Å². The Balaban J connectivity index is 1.34. The fourth-order valence-corrected chi connectivity index (χ4v) is 9.09. The number of nitrogens with zero attached hydrogens (tertiary/aromatic N) is 2. The minimum atomic E-state index is -3.88. The number of hydrogen-bond donors (Lipinski definition) is 4. The van der Waals surface area contributed by atoms with Gasteiger partial charge in [-0.1, -0.05) is 72.2 Å². The first-order valence-corrected chi connectivity index (χ1v) is 20.5. The molecule has 15 heteroatoms. The van der Waals surface area contributed by atoms with Crippen LogP contribution in [-0.2, 0) is 36.2 Å². The topological polar surface area (TPSA) is 185 Å². The molecule has 4 N–H and O–H groups in total. The van der Waals surface area contributed by atoms with Crippen LogP contribution in [0.15, 0.2) is 30.3 Å². The minimum absolute atomic E-state index is 0.0195.